The molecule has 0 atom stereocenters. The van der Waals surface area contributed by atoms with E-state index in [4.69, 9.17) is 4.74 Å². The Bertz CT molecular complexity index is 1960. The Morgan fingerprint density at radius 1 is 1.02 bits per heavy atom. The minimum atomic E-state index is -0.503. The number of aromatic nitrogens is 3. The number of halogens is 1. The van der Waals surface area contributed by atoms with Gasteiger partial charge < -0.3 is 34.3 Å². The Labute approximate surface area is 278 Å². The summed E-state index contributed by atoms with van der Waals surface area (Å²) in [6, 6.07) is 8.33. The van der Waals surface area contributed by atoms with E-state index in [0.717, 1.165) is 68.8 Å². The molecule has 250 valence electrons. The molecule has 0 spiro atoms. The van der Waals surface area contributed by atoms with Crippen LogP contribution < -0.4 is 21.1 Å². The third-order valence-corrected chi connectivity index (χ3v) is 9.69. The molecule has 1 amide bonds. The van der Waals surface area contributed by atoms with Crippen LogP contribution in [0, 0.1) is 5.82 Å². The molecule has 0 unspecified atom stereocenters. The molecule has 3 aliphatic rings. The van der Waals surface area contributed by atoms with E-state index in [9.17, 15) is 14.4 Å². The topological polar surface area (TPSA) is 114 Å². The maximum Gasteiger partial charge on any atom is 0.302 e. The molecule has 4 aromatic rings. The van der Waals surface area contributed by atoms with Crippen molar-refractivity contribution in [2.75, 3.05) is 50.0 Å². The van der Waals surface area contributed by atoms with Crippen LogP contribution in [0.1, 0.15) is 47.1 Å². The Balaban J connectivity index is 1.32. The van der Waals surface area contributed by atoms with E-state index >= 15 is 4.39 Å². The summed E-state index contributed by atoms with van der Waals surface area (Å²) in [5, 5.41) is 6.13. The number of aryl methyl sites for hydroxylation is 1. The van der Waals surface area contributed by atoms with Gasteiger partial charge in [0.15, 0.2) is 0 Å². The second-order valence-corrected chi connectivity index (χ2v) is 12.9. The van der Waals surface area contributed by atoms with Crippen molar-refractivity contribution in [3.63, 3.8) is 0 Å². The molecule has 2 N–H and O–H groups in total. The van der Waals surface area contributed by atoms with E-state index in [1.165, 1.54) is 23.6 Å². The van der Waals surface area contributed by atoms with Crippen molar-refractivity contribution in [3.05, 3.63) is 81.4 Å². The quantitative estimate of drug-likeness (QED) is 0.285. The number of hydrogen-bond donors (Lipinski definition) is 2. The van der Waals surface area contributed by atoms with Gasteiger partial charge in [-0.25, -0.2) is 9.37 Å². The minimum Gasteiger partial charge on any atom is -0.461 e. The molecule has 0 bridgehead atoms. The molecule has 48 heavy (non-hydrogen) atoms. The Morgan fingerprint density at radius 2 is 1.79 bits per heavy atom. The zero-order valence-electron chi connectivity index (χ0n) is 27.6. The zero-order valence-corrected chi connectivity index (χ0v) is 27.6. The number of anilines is 3. The Kier molecular flexibility index (Phi) is 8.50. The number of fused-ring (bicyclic) bond motifs is 3. The van der Waals surface area contributed by atoms with Crippen molar-refractivity contribution in [3.8, 4) is 22.3 Å². The van der Waals surface area contributed by atoms with Crippen molar-refractivity contribution in [1.82, 2.24) is 24.3 Å². The standard InChI is InChI=1S/C36H40FN7O4/c1-22(45)48-21-29-27(17-24(37)18-28(29)33-26-6-4-5-7-31(26)44-11-10-38-35(46)34(33)44)23-16-30(36(47)42(3)20-23)40-32-9-8-25(19-39-32)43-14-12-41(2)13-15-43/h8-9,16-20H,4-7,10-15,21H2,1-3H3,(H,38,46)(H,39,40). The van der Waals surface area contributed by atoms with Gasteiger partial charge in [-0.05, 0) is 79.8 Å². The van der Waals surface area contributed by atoms with E-state index in [0.29, 0.717) is 52.4 Å². The number of nitrogens with zero attached hydrogens (tertiary/aromatic N) is 5. The molecule has 1 fully saturated rings. The third kappa shape index (κ3) is 5.96. The van der Waals surface area contributed by atoms with Crippen molar-refractivity contribution in [1.29, 1.82) is 0 Å². The number of pyridine rings is 2. The molecule has 1 aliphatic carbocycles. The van der Waals surface area contributed by atoms with Gasteiger partial charge >= 0.3 is 5.97 Å². The largest absolute Gasteiger partial charge is 0.461 e. The maximum atomic E-state index is 15.8. The Hall–Kier alpha value is -4.97. The van der Waals surface area contributed by atoms with E-state index in [1.54, 1.807) is 25.5 Å². The van der Waals surface area contributed by atoms with Gasteiger partial charge in [-0.3, -0.25) is 14.4 Å². The lowest BCUT2D eigenvalue weighted by Crippen LogP contribution is -2.44. The molecular formula is C36H40FN7O4. The summed E-state index contributed by atoms with van der Waals surface area (Å²) in [7, 11) is 3.75. The van der Waals surface area contributed by atoms with Crippen LogP contribution in [0.4, 0.5) is 21.6 Å². The third-order valence-electron chi connectivity index (χ3n) is 9.69. The summed E-state index contributed by atoms with van der Waals surface area (Å²) in [5.41, 5.74) is 6.44. The molecule has 5 heterocycles. The van der Waals surface area contributed by atoms with Crippen LogP contribution in [-0.4, -0.2) is 70.7 Å². The molecule has 12 heteroatoms. The second-order valence-electron chi connectivity index (χ2n) is 12.9. The summed E-state index contributed by atoms with van der Waals surface area (Å²) in [4.78, 5) is 48.0. The summed E-state index contributed by atoms with van der Waals surface area (Å²) in [6.45, 7) is 6.15. The highest BCUT2D eigenvalue weighted by Gasteiger charge is 2.33. The van der Waals surface area contributed by atoms with Crippen molar-refractivity contribution in [2.45, 2.75) is 45.8 Å². The number of hydrogen-bond acceptors (Lipinski definition) is 8. The fraction of sp³-hybridized carbons (Fsp3) is 0.389. The molecule has 11 nitrogen and oxygen atoms in total. The first-order valence-electron chi connectivity index (χ1n) is 16.5. The van der Waals surface area contributed by atoms with Gasteiger partial charge in [0.2, 0.25) is 0 Å². The van der Waals surface area contributed by atoms with Gasteiger partial charge in [-0.1, -0.05) is 0 Å². The summed E-state index contributed by atoms with van der Waals surface area (Å²) < 4.78 is 24.8. The average Bonchev–Trinajstić information content (AvgIpc) is 3.42. The molecule has 1 saturated heterocycles. The highest BCUT2D eigenvalue weighted by atomic mass is 19.1. The van der Waals surface area contributed by atoms with Gasteiger partial charge in [0.25, 0.3) is 11.5 Å². The molecule has 3 aromatic heterocycles. The van der Waals surface area contributed by atoms with Crippen LogP contribution in [0.5, 0.6) is 0 Å². The molecule has 1 aromatic carbocycles. The van der Waals surface area contributed by atoms with Crippen LogP contribution in [-0.2, 0) is 42.6 Å². The van der Waals surface area contributed by atoms with Crippen LogP contribution in [0.25, 0.3) is 22.3 Å². The van der Waals surface area contributed by atoms with E-state index in [1.807, 2.05) is 12.1 Å². The number of benzene rings is 1. The average molecular weight is 654 g/mol. The van der Waals surface area contributed by atoms with Crippen LogP contribution in [0.15, 0.2) is 47.5 Å². The number of amides is 1. The molecule has 2 aliphatic heterocycles. The number of carbonyl (C=O) groups is 2. The molecule has 0 radical (unpaired) electrons. The lowest BCUT2D eigenvalue weighted by atomic mass is 9.86. The lowest BCUT2D eigenvalue weighted by Gasteiger charge is -2.33. The van der Waals surface area contributed by atoms with Crippen molar-refractivity contribution >= 4 is 29.1 Å². The van der Waals surface area contributed by atoms with Crippen molar-refractivity contribution in [2.24, 2.45) is 7.05 Å². The van der Waals surface area contributed by atoms with Gasteiger partial charge in [-0.2, -0.15) is 0 Å². The molecule has 7 rings (SSSR count). The number of carbonyl (C=O) groups excluding carboxylic acids is 2. The monoisotopic (exact) mass is 653 g/mol. The number of ether oxygens (including phenoxy) is 1. The SMILES string of the molecule is CC(=O)OCc1c(-c2cc(Nc3ccc(N4CCN(C)CC4)cn3)c(=O)n(C)c2)cc(F)cc1-c1c2c(n3c1C(=O)NCC3)CCCC2. The minimum absolute atomic E-state index is 0.137. The maximum absolute atomic E-state index is 15.8. The number of nitrogens with one attached hydrogen (secondary N) is 2. The first kappa shape index (κ1) is 31.6. The second kappa shape index (κ2) is 12.9. The van der Waals surface area contributed by atoms with Gasteiger partial charge in [-0.15, -0.1) is 0 Å². The van der Waals surface area contributed by atoms with E-state index in [2.05, 4.69) is 37.0 Å². The predicted octanol–water partition coefficient (Wildman–Crippen LogP) is 4.24. The highest BCUT2D eigenvalue weighted by molar-refractivity contribution is 6.02. The van der Waals surface area contributed by atoms with Gasteiger partial charge in [0.1, 0.15) is 29.6 Å². The van der Waals surface area contributed by atoms with E-state index < -0.39 is 11.8 Å². The van der Waals surface area contributed by atoms with Crippen LogP contribution >= 0.6 is 0 Å². The van der Waals surface area contributed by atoms with Gasteiger partial charge in [0, 0.05) is 81.8 Å². The smallest absolute Gasteiger partial charge is 0.302 e. The number of rotatable bonds is 7. The zero-order chi connectivity index (χ0) is 33.5. The fourth-order valence-electron chi connectivity index (χ4n) is 7.25. The first-order valence-corrected chi connectivity index (χ1v) is 16.5. The lowest BCUT2D eigenvalue weighted by molar-refractivity contribution is -0.142. The summed E-state index contributed by atoms with van der Waals surface area (Å²) in [6.07, 6.45) is 7.04. The number of piperazine rings is 1. The Morgan fingerprint density at radius 3 is 2.54 bits per heavy atom. The van der Waals surface area contributed by atoms with Crippen LogP contribution in [0.3, 0.4) is 0 Å². The van der Waals surface area contributed by atoms with E-state index in [-0.39, 0.29) is 23.8 Å². The van der Waals surface area contributed by atoms with Gasteiger partial charge in [0.05, 0.1) is 11.9 Å². The predicted molar refractivity (Wildman–Crippen MR) is 182 cm³/mol. The van der Waals surface area contributed by atoms with Crippen LogP contribution in [0.2, 0.25) is 0 Å². The first-order chi connectivity index (χ1) is 23.2. The van der Waals surface area contributed by atoms with Crippen molar-refractivity contribution < 1.29 is 18.7 Å². The fourth-order valence-corrected chi connectivity index (χ4v) is 7.25. The summed E-state index contributed by atoms with van der Waals surface area (Å²) >= 11 is 0. The number of likely N-dealkylation sites (N-methyl/N-ethyl adjacent to an activating group) is 1. The summed E-state index contributed by atoms with van der Waals surface area (Å²) in [5.74, 6) is -0.685. The number of esters is 1. The normalized spacial score (nSPS) is 16.2. The molecule has 0 saturated carbocycles. The molecular weight excluding hydrogens is 613 g/mol. The highest BCUT2D eigenvalue weighted by Crippen LogP contribution is 2.43.